The predicted molar refractivity (Wildman–Crippen MR) is 54.6 cm³/mol. The highest BCUT2D eigenvalue weighted by Gasteiger charge is 1.89. The predicted octanol–water partition coefficient (Wildman–Crippen LogP) is 0.658. The minimum absolute atomic E-state index is 0.792. The van der Waals surface area contributed by atoms with Gasteiger partial charge in [-0.3, -0.25) is 9.11 Å². The van der Waals surface area contributed by atoms with Gasteiger partial charge in [-0.1, -0.05) is 12.1 Å². The van der Waals surface area contributed by atoms with Gasteiger partial charge in [-0.05, 0) is 12.1 Å². The minimum atomic E-state index is -4.67. The molecule has 6 nitrogen and oxygen atoms in total. The lowest BCUT2D eigenvalue weighted by Crippen LogP contribution is -1.93. The first-order valence-corrected chi connectivity index (χ1v) is 4.96. The normalized spacial score (nSPS) is 9.93. The highest BCUT2D eigenvalue weighted by molar-refractivity contribution is 7.79. The van der Waals surface area contributed by atoms with E-state index in [0.29, 0.717) is 0 Å². The van der Waals surface area contributed by atoms with E-state index in [2.05, 4.69) is 5.32 Å². The van der Waals surface area contributed by atoms with Crippen LogP contribution in [0.2, 0.25) is 0 Å². The van der Waals surface area contributed by atoms with Crippen molar-refractivity contribution in [1.82, 2.24) is 0 Å². The zero-order valence-corrected chi connectivity index (χ0v) is 8.32. The zero-order chi connectivity index (χ0) is 11.2. The summed E-state index contributed by atoms with van der Waals surface area (Å²) >= 11 is 0. The van der Waals surface area contributed by atoms with Crippen molar-refractivity contribution in [2.24, 2.45) is 0 Å². The van der Waals surface area contributed by atoms with Crippen LogP contribution in [0.4, 0.5) is 11.4 Å². The van der Waals surface area contributed by atoms with Gasteiger partial charge in [0.25, 0.3) is 0 Å². The summed E-state index contributed by atoms with van der Waals surface area (Å²) in [5.41, 5.74) is 7.34. The van der Waals surface area contributed by atoms with Crippen LogP contribution in [0, 0.1) is 0 Å². The van der Waals surface area contributed by atoms with Crippen LogP contribution >= 0.6 is 0 Å². The van der Waals surface area contributed by atoms with Gasteiger partial charge in [-0.2, -0.15) is 8.42 Å². The van der Waals surface area contributed by atoms with Crippen LogP contribution in [0.25, 0.3) is 0 Å². The Morgan fingerprint density at radius 2 is 1.71 bits per heavy atom. The third kappa shape index (κ3) is 7.35. The first-order chi connectivity index (χ1) is 6.34. The monoisotopic (exact) mass is 220 g/mol. The van der Waals surface area contributed by atoms with E-state index in [4.69, 9.17) is 23.3 Å². The molecule has 0 aliphatic carbocycles. The van der Waals surface area contributed by atoms with Gasteiger partial charge in [-0.15, -0.1) is 0 Å². The molecule has 0 saturated carbocycles. The Kier molecular flexibility index (Phi) is 4.92. The van der Waals surface area contributed by atoms with Crippen molar-refractivity contribution in [2.45, 2.75) is 0 Å². The third-order valence-corrected chi connectivity index (χ3v) is 1.23. The molecule has 0 saturated heterocycles. The molecule has 1 aromatic rings. The highest BCUT2D eigenvalue weighted by Crippen LogP contribution is 2.14. The van der Waals surface area contributed by atoms with Gasteiger partial charge in [0.05, 0.1) is 11.4 Å². The molecule has 0 heterocycles. The first kappa shape index (κ1) is 12.7. The van der Waals surface area contributed by atoms with E-state index < -0.39 is 10.4 Å². The molecule has 0 amide bonds. The third-order valence-electron chi connectivity index (χ3n) is 1.23. The second kappa shape index (κ2) is 5.43. The molecule has 0 fully saturated rings. The molecular weight excluding hydrogens is 208 g/mol. The van der Waals surface area contributed by atoms with E-state index in [9.17, 15) is 0 Å². The number of hydrogen-bond acceptors (Lipinski definition) is 4. The molecule has 0 spiro atoms. The molecule has 1 aromatic carbocycles. The van der Waals surface area contributed by atoms with Gasteiger partial charge in [0.2, 0.25) is 0 Å². The highest BCUT2D eigenvalue weighted by atomic mass is 32.3. The number of para-hydroxylation sites is 2. The number of nitrogens with two attached hydrogens (primary N) is 1. The quantitative estimate of drug-likeness (QED) is 0.408. The molecule has 14 heavy (non-hydrogen) atoms. The number of rotatable bonds is 1. The summed E-state index contributed by atoms with van der Waals surface area (Å²) in [6.07, 6.45) is 0. The zero-order valence-electron chi connectivity index (χ0n) is 7.51. The van der Waals surface area contributed by atoms with Crippen LogP contribution in [0.5, 0.6) is 0 Å². The van der Waals surface area contributed by atoms with Crippen molar-refractivity contribution in [3.05, 3.63) is 24.3 Å². The summed E-state index contributed by atoms with van der Waals surface area (Å²) in [5.74, 6) is 0. The maximum absolute atomic E-state index is 8.74. The molecule has 0 unspecified atom stereocenters. The maximum Gasteiger partial charge on any atom is 0.394 e. The summed E-state index contributed by atoms with van der Waals surface area (Å²) < 4.78 is 31.6. The van der Waals surface area contributed by atoms with Crippen molar-refractivity contribution in [3.8, 4) is 0 Å². The van der Waals surface area contributed by atoms with Crippen molar-refractivity contribution in [2.75, 3.05) is 18.1 Å². The van der Waals surface area contributed by atoms with Gasteiger partial charge in [0.1, 0.15) is 0 Å². The molecule has 7 heteroatoms. The second-order valence-corrected chi connectivity index (χ2v) is 3.18. The largest absolute Gasteiger partial charge is 0.397 e. The molecule has 0 radical (unpaired) electrons. The Hall–Kier alpha value is -1.31. The molecule has 0 aromatic heterocycles. The number of nitrogens with one attached hydrogen (secondary N) is 1. The number of anilines is 2. The van der Waals surface area contributed by atoms with E-state index in [0.717, 1.165) is 11.4 Å². The lowest BCUT2D eigenvalue weighted by Gasteiger charge is -2.01. The van der Waals surface area contributed by atoms with E-state index in [1.165, 1.54) is 0 Å². The van der Waals surface area contributed by atoms with Gasteiger partial charge < -0.3 is 11.1 Å². The van der Waals surface area contributed by atoms with Crippen LogP contribution in [-0.4, -0.2) is 24.6 Å². The fraction of sp³-hybridized carbons (Fsp3) is 0.143. The van der Waals surface area contributed by atoms with E-state index in [-0.39, 0.29) is 0 Å². The molecule has 0 aliphatic heterocycles. The Morgan fingerprint density at radius 1 is 1.29 bits per heavy atom. The molecule has 1 rings (SSSR count). The average Bonchev–Trinajstić information content (AvgIpc) is 2.02. The Labute approximate surface area is 82.3 Å². The average molecular weight is 220 g/mol. The molecule has 5 N–H and O–H groups in total. The lowest BCUT2D eigenvalue weighted by atomic mass is 10.3. The fourth-order valence-corrected chi connectivity index (χ4v) is 0.725. The standard InChI is InChI=1S/C7H10N2.H2O4S/c1-9-7-5-3-2-4-6(7)8;1-5(2,3)4/h2-5,9H,8H2,1H3;(H2,1,2,3,4). The van der Waals surface area contributed by atoms with E-state index in [1.807, 2.05) is 31.3 Å². The lowest BCUT2D eigenvalue weighted by molar-refractivity contribution is 0.381. The van der Waals surface area contributed by atoms with Gasteiger partial charge in [0, 0.05) is 7.05 Å². The summed E-state index contributed by atoms with van der Waals surface area (Å²) in [4.78, 5) is 0. The smallest absolute Gasteiger partial charge is 0.394 e. The van der Waals surface area contributed by atoms with Crippen LogP contribution in [0.1, 0.15) is 0 Å². The molecule has 0 atom stereocenters. The van der Waals surface area contributed by atoms with Crippen LogP contribution in [0.15, 0.2) is 24.3 Å². The van der Waals surface area contributed by atoms with Gasteiger partial charge in [-0.25, -0.2) is 0 Å². The maximum atomic E-state index is 8.74. The number of benzene rings is 1. The molecule has 80 valence electrons. The summed E-state index contributed by atoms with van der Waals surface area (Å²) in [6.45, 7) is 0. The number of nitrogen functional groups attached to an aromatic ring is 1. The molecule has 0 bridgehead atoms. The fourth-order valence-electron chi connectivity index (χ4n) is 0.725. The Bertz CT molecular complexity index is 369. The summed E-state index contributed by atoms with van der Waals surface area (Å²) in [7, 11) is -2.81. The van der Waals surface area contributed by atoms with Crippen LogP contribution in [-0.2, 0) is 10.4 Å². The van der Waals surface area contributed by atoms with Crippen molar-refractivity contribution in [3.63, 3.8) is 0 Å². The van der Waals surface area contributed by atoms with Crippen molar-refractivity contribution >= 4 is 21.8 Å². The Morgan fingerprint density at radius 3 is 2.00 bits per heavy atom. The summed E-state index contributed by atoms with van der Waals surface area (Å²) in [6, 6.07) is 7.67. The molecular formula is C7H12N2O4S. The van der Waals surface area contributed by atoms with Gasteiger partial charge in [0.15, 0.2) is 0 Å². The minimum Gasteiger partial charge on any atom is -0.397 e. The topological polar surface area (TPSA) is 113 Å². The second-order valence-electron chi connectivity index (χ2n) is 2.29. The molecule has 0 aliphatic rings. The van der Waals surface area contributed by atoms with Crippen LogP contribution in [0.3, 0.4) is 0 Å². The number of hydrogen-bond donors (Lipinski definition) is 4. The van der Waals surface area contributed by atoms with Gasteiger partial charge >= 0.3 is 10.4 Å². The first-order valence-electron chi connectivity index (χ1n) is 3.56. The van der Waals surface area contributed by atoms with E-state index in [1.54, 1.807) is 0 Å². The van der Waals surface area contributed by atoms with Crippen LogP contribution < -0.4 is 11.1 Å². The van der Waals surface area contributed by atoms with Crippen molar-refractivity contribution in [1.29, 1.82) is 0 Å². The SMILES string of the molecule is CNc1ccccc1N.O=S(=O)(O)O. The summed E-state index contributed by atoms with van der Waals surface area (Å²) in [5, 5.41) is 2.97. The van der Waals surface area contributed by atoms with E-state index >= 15 is 0 Å². The Balaban J connectivity index is 0.000000292. The van der Waals surface area contributed by atoms with Crippen molar-refractivity contribution < 1.29 is 17.5 Å².